The van der Waals surface area contributed by atoms with Crippen LogP contribution in [0.5, 0.6) is 0 Å². The molecule has 1 aromatic rings. The fraction of sp³-hybridized carbons (Fsp3) is 0.667. The number of amides is 2. The maximum Gasteiger partial charge on any atom is 0.321 e. The number of ether oxygens (including phenoxy) is 1. The Morgan fingerprint density at radius 2 is 2.26 bits per heavy atom. The Labute approximate surface area is 139 Å². The van der Waals surface area contributed by atoms with Gasteiger partial charge in [-0.2, -0.15) is 0 Å². The summed E-state index contributed by atoms with van der Waals surface area (Å²) in [5, 5.41) is 17.1. The van der Waals surface area contributed by atoms with Gasteiger partial charge in [0, 0.05) is 18.5 Å². The highest BCUT2D eigenvalue weighted by molar-refractivity contribution is 7.13. The van der Waals surface area contributed by atoms with Crippen molar-refractivity contribution < 1.29 is 19.4 Å². The van der Waals surface area contributed by atoms with E-state index in [1.165, 1.54) is 11.3 Å². The molecular formula is C15H23N3O4S. The number of anilines is 1. The highest BCUT2D eigenvalue weighted by atomic mass is 32.1. The van der Waals surface area contributed by atoms with Crippen molar-refractivity contribution in [3.63, 3.8) is 0 Å². The molecule has 1 heterocycles. The predicted octanol–water partition coefficient (Wildman–Crippen LogP) is 2.55. The number of carbonyl (C=O) groups is 2. The van der Waals surface area contributed by atoms with Crippen molar-refractivity contribution in [2.75, 3.05) is 12.4 Å². The molecule has 23 heavy (non-hydrogen) atoms. The van der Waals surface area contributed by atoms with Crippen LogP contribution >= 0.6 is 11.3 Å². The zero-order valence-electron chi connectivity index (χ0n) is 13.8. The first kappa shape index (κ1) is 17.7. The second-order valence-electron chi connectivity index (χ2n) is 6.52. The second-order valence-corrected chi connectivity index (χ2v) is 7.38. The molecule has 0 radical (unpaired) electrons. The Hall–Kier alpha value is -1.67. The number of hydrogen-bond donors (Lipinski definition) is 3. The van der Waals surface area contributed by atoms with Crippen LogP contribution in [0.25, 0.3) is 0 Å². The van der Waals surface area contributed by atoms with Gasteiger partial charge >= 0.3 is 12.0 Å². The molecule has 1 aliphatic rings. The van der Waals surface area contributed by atoms with Crippen molar-refractivity contribution in [3.05, 3.63) is 11.1 Å². The zero-order valence-corrected chi connectivity index (χ0v) is 14.6. The molecular weight excluding hydrogens is 318 g/mol. The van der Waals surface area contributed by atoms with Gasteiger partial charge in [0.2, 0.25) is 0 Å². The van der Waals surface area contributed by atoms with Gasteiger partial charge in [0.15, 0.2) is 5.13 Å². The predicted molar refractivity (Wildman–Crippen MR) is 87.5 cm³/mol. The van der Waals surface area contributed by atoms with Gasteiger partial charge in [-0.1, -0.05) is 13.8 Å². The lowest BCUT2D eigenvalue weighted by atomic mass is 9.53. The number of aliphatic carboxylic acids is 1. The van der Waals surface area contributed by atoms with Crippen molar-refractivity contribution in [2.24, 2.45) is 17.3 Å². The Kier molecular flexibility index (Phi) is 5.26. The minimum absolute atomic E-state index is 0.112. The van der Waals surface area contributed by atoms with Gasteiger partial charge in [0.05, 0.1) is 18.2 Å². The van der Waals surface area contributed by atoms with E-state index in [4.69, 9.17) is 4.74 Å². The minimum atomic E-state index is -0.767. The highest BCUT2D eigenvalue weighted by Crippen LogP contribution is 2.52. The van der Waals surface area contributed by atoms with Crippen LogP contribution < -0.4 is 10.6 Å². The van der Waals surface area contributed by atoms with Crippen LogP contribution in [0.4, 0.5) is 9.93 Å². The largest absolute Gasteiger partial charge is 0.481 e. The SMILES string of the molecule is COCc1csc(NC(=O)NC(C)[C@@H]2C[C@H](C(=O)O)C2(C)C)n1. The fourth-order valence-electron chi connectivity index (χ4n) is 3.25. The molecule has 1 fully saturated rings. The topological polar surface area (TPSA) is 101 Å². The smallest absolute Gasteiger partial charge is 0.321 e. The van der Waals surface area contributed by atoms with Crippen molar-refractivity contribution in [1.82, 2.24) is 10.3 Å². The van der Waals surface area contributed by atoms with Crippen LogP contribution in [0.2, 0.25) is 0 Å². The lowest BCUT2D eigenvalue weighted by molar-refractivity contribution is -0.160. The molecule has 0 saturated heterocycles. The zero-order chi connectivity index (χ0) is 17.2. The van der Waals surface area contributed by atoms with Crippen LogP contribution in [0.1, 0.15) is 32.9 Å². The Bertz CT molecular complexity index is 587. The number of methoxy groups -OCH3 is 1. The Morgan fingerprint density at radius 1 is 1.57 bits per heavy atom. The van der Waals surface area contributed by atoms with Gasteiger partial charge in [-0.05, 0) is 24.7 Å². The van der Waals surface area contributed by atoms with Gasteiger partial charge in [0.25, 0.3) is 0 Å². The first-order valence-electron chi connectivity index (χ1n) is 7.49. The molecule has 3 N–H and O–H groups in total. The number of carbonyl (C=O) groups excluding carboxylic acids is 1. The van der Waals surface area contributed by atoms with Gasteiger partial charge in [-0.3, -0.25) is 10.1 Å². The summed E-state index contributed by atoms with van der Waals surface area (Å²) in [4.78, 5) is 27.5. The van der Waals surface area contributed by atoms with E-state index < -0.39 is 5.97 Å². The summed E-state index contributed by atoms with van der Waals surface area (Å²) in [6.07, 6.45) is 0.582. The molecule has 0 bridgehead atoms. The van der Waals surface area contributed by atoms with E-state index in [1.54, 1.807) is 7.11 Å². The van der Waals surface area contributed by atoms with Crippen LogP contribution in [0, 0.1) is 17.3 Å². The van der Waals surface area contributed by atoms with Crippen LogP contribution in [0.3, 0.4) is 0 Å². The number of aromatic nitrogens is 1. The van der Waals surface area contributed by atoms with Crippen molar-refractivity contribution >= 4 is 28.5 Å². The average Bonchev–Trinajstić information content (AvgIpc) is 2.84. The summed E-state index contributed by atoms with van der Waals surface area (Å²) in [6, 6.07) is -0.440. The average molecular weight is 341 g/mol. The number of hydrogen-bond acceptors (Lipinski definition) is 5. The van der Waals surface area contributed by atoms with Gasteiger partial charge in [-0.25, -0.2) is 9.78 Å². The molecule has 128 valence electrons. The van der Waals surface area contributed by atoms with E-state index in [-0.39, 0.29) is 29.3 Å². The Morgan fingerprint density at radius 3 is 2.83 bits per heavy atom. The fourth-order valence-corrected chi connectivity index (χ4v) is 3.94. The molecule has 8 heteroatoms. The van der Waals surface area contributed by atoms with E-state index in [2.05, 4.69) is 15.6 Å². The summed E-state index contributed by atoms with van der Waals surface area (Å²) < 4.78 is 4.98. The number of thiazole rings is 1. The van der Waals surface area contributed by atoms with E-state index in [9.17, 15) is 14.7 Å². The molecule has 7 nitrogen and oxygen atoms in total. The number of carboxylic acid groups (broad SMARTS) is 1. The van der Waals surface area contributed by atoms with E-state index in [1.807, 2.05) is 26.2 Å². The summed E-state index contributed by atoms with van der Waals surface area (Å²) >= 11 is 1.34. The van der Waals surface area contributed by atoms with Crippen LogP contribution in [-0.4, -0.2) is 35.2 Å². The molecule has 0 spiro atoms. The molecule has 1 saturated carbocycles. The van der Waals surface area contributed by atoms with Crippen LogP contribution in [0.15, 0.2) is 5.38 Å². The molecule has 0 aromatic carbocycles. The summed E-state index contributed by atoms with van der Waals surface area (Å²) in [6.45, 7) is 6.19. The van der Waals surface area contributed by atoms with Gasteiger partial charge in [0.1, 0.15) is 0 Å². The van der Waals surface area contributed by atoms with Gasteiger partial charge in [-0.15, -0.1) is 11.3 Å². The lowest BCUT2D eigenvalue weighted by Gasteiger charge is -2.52. The third-order valence-electron chi connectivity index (χ3n) is 4.67. The molecule has 3 atom stereocenters. The third-order valence-corrected chi connectivity index (χ3v) is 5.47. The number of rotatable bonds is 6. The molecule has 1 aromatic heterocycles. The quantitative estimate of drug-likeness (QED) is 0.738. The van der Waals surface area contributed by atoms with E-state index in [0.29, 0.717) is 18.2 Å². The third kappa shape index (κ3) is 3.81. The monoisotopic (exact) mass is 341 g/mol. The first-order chi connectivity index (χ1) is 10.8. The normalized spacial score (nSPS) is 23.7. The molecule has 0 aliphatic heterocycles. The lowest BCUT2D eigenvalue weighted by Crippen LogP contribution is -2.57. The molecule has 2 rings (SSSR count). The highest BCUT2D eigenvalue weighted by Gasteiger charge is 2.53. The summed E-state index contributed by atoms with van der Waals surface area (Å²) in [5.41, 5.74) is 0.441. The molecule has 1 aliphatic carbocycles. The maximum absolute atomic E-state index is 12.1. The maximum atomic E-state index is 12.1. The van der Waals surface area contributed by atoms with Gasteiger partial charge < -0.3 is 15.2 Å². The number of carboxylic acids is 1. The standard InChI is InChI=1S/C15H23N3O4S/c1-8(10-5-11(12(19)20)15(10,2)3)16-13(21)18-14-17-9(6-22-4)7-23-14/h7-8,10-11H,5-6H2,1-4H3,(H,19,20)(H2,16,17,18,21)/t8?,10-,11+/m0/s1. The number of nitrogens with zero attached hydrogens (tertiary/aromatic N) is 1. The Balaban J connectivity index is 1.86. The second kappa shape index (κ2) is 6.84. The number of nitrogens with one attached hydrogen (secondary N) is 2. The van der Waals surface area contributed by atoms with E-state index in [0.717, 1.165) is 5.69 Å². The van der Waals surface area contributed by atoms with Crippen molar-refractivity contribution in [2.45, 2.75) is 39.8 Å². The van der Waals surface area contributed by atoms with Crippen LogP contribution in [-0.2, 0) is 16.1 Å². The van der Waals surface area contributed by atoms with Crippen molar-refractivity contribution in [3.8, 4) is 0 Å². The molecule has 1 unspecified atom stereocenters. The molecule has 2 amide bonds. The minimum Gasteiger partial charge on any atom is -0.481 e. The van der Waals surface area contributed by atoms with E-state index >= 15 is 0 Å². The first-order valence-corrected chi connectivity index (χ1v) is 8.37. The summed E-state index contributed by atoms with van der Waals surface area (Å²) in [5.74, 6) is -0.985. The van der Waals surface area contributed by atoms with Crippen molar-refractivity contribution in [1.29, 1.82) is 0 Å². The summed E-state index contributed by atoms with van der Waals surface area (Å²) in [7, 11) is 1.59. The number of urea groups is 1.